The van der Waals surface area contributed by atoms with E-state index in [-0.39, 0.29) is 0 Å². The summed E-state index contributed by atoms with van der Waals surface area (Å²) in [4.78, 5) is 0. The molecule has 0 aliphatic heterocycles. The molecule has 0 aliphatic carbocycles. The Morgan fingerprint density at radius 1 is 1.40 bits per heavy atom. The predicted octanol–water partition coefficient (Wildman–Crippen LogP) is 2.91. The molecule has 2 unspecified atom stereocenters. The molecule has 0 bridgehead atoms. The van der Waals surface area contributed by atoms with Crippen molar-refractivity contribution in [3.05, 3.63) is 18.0 Å². The molecule has 1 aromatic rings. The second-order valence-corrected chi connectivity index (χ2v) is 4.17. The van der Waals surface area contributed by atoms with Gasteiger partial charge in [-0.05, 0) is 26.8 Å². The lowest BCUT2D eigenvalue weighted by molar-refractivity contribution is 0.454. The van der Waals surface area contributed by atoms with Crippen molar-refractivity contribution >= 4 is 0 Å². The standard InChI is InChI=1S/C12H23N3/c1-5-7-10(3)15-9-12(8-14-15)11(4)13-6-2/h8-11,13H,5-7H2,1-4H3. The maximum atomic E-state index is 4.41. The summed E-state index contributed by atoms with van der Waals surface area (Å²) >= 11 is 0. The van der Waals surface area contributed by atoms with Crippen molar-refractivity contribution in [2.45, 2.75) is 52.6 Å². The van der Waals surface area contributed by atoms with Crippen molar-refractivity contribution < 1.29 is 0 Å². The van der Waals surface area contributed by atoms with E-state index in [1.54, 1.807) is 0 Å². The third kappa shape index (κ3) is 3.34. The summed E-state index contributed by atoms with van der Waals surface area (Å²) in [6.07, 6.45) is 6.53. The van der Waals surface area contributed by atoms with Crippen LogP contribution >= 0.6 is 0 Å². The highest BCUT2D eigenvalue weighted by atomic mass is 15.3. The monoisotopic (exact) mass is 209 g/mol. The highest BCUT2D eigenvalue weighted by molar-refractivity contribution is 5.09. The molecule has 0 aromatic carbocycles. The minimum atomic E-state index is 0.401. The van der Waals surface area contributed by atoms with Crippen LogP contribution in [0.5, 0.6) is 0 Å². The third-order valence-corrected chi connectivity index (χ3v) is 2.79. The van der Waals surface area contributed by atoms with E-state index in [0.29, 0.717) is 12.1 Å². The Morgan fingerprint density at radius 2 is 2.13 bits per heavy atom. The first-order valence-electron chi connectivity index (χ1n) is 5.96. The van der Waals surface area contributed by atoms with Crippen LogP contribution in [0.15, 0.2) is 12.4 Å². The van der Waals surface area contributed by atoms with Gasteiger partial charge in [0.15, 0.2) is 0 Å². The Balaban J connectivity index is 2.62. The van der Waals surface area contributed by atoms with Crippen molar-refractivity contribution in [3.63, 3.8) is 0 Å². The van der Waals surface area contributed by atoms with Crippen molar-refractivity contribution in [1.29, 1.82) is 0 Å². The number of rotatable bonds is 6. The van der Waals surface area contributed by atoms with Gasteiger partial charge in [0.05, 0.1) is 6.20 Å². The fraction of sp³-hybridized carbons (Fsp3) is 0.750. The summed E-state index contributed by atoms with van der Waals surface area (Å²) in [7, 11) is 0. The Bertz CT molecular complexity index is 254. The molecule has 0 aliphatic rings. The lowest BCUT2D eigenvalue weighted by Crippen LogP contribution is -2.17. The third-order valence-electron chi connectivity index (χ3n) is 2.79. The van der Waals surface area contributed by atoms with Crippen LogP contribution in [-0.2, 0) is 0 Å². The van der Waals surface area contributed by atoms with Crippen LogP contribution in [0.3, 0.4) is 0 Å². The first kappa shape index (κ1) is 12.2. The summed E-state index contributed by atoms with van der Waals surface area (Å²) in [5.74, 6) is 0. The molecule has 2 atom stereocenters. The van der Waals surface area contributed by atoms with E-state index >= 15 is 0 Å². The van der Waals surface area contributed by atoms with Crippen LogP contribution in [0.25, 0.3) is 0 Å². The first-order valence-corrected chi connectivity index (χ1v) is 5.96. The highest BCUT2D eigenvalue weighted by Crippen LogP contribution is 2.16. The van der Waals surface area contributed by atoms with Crippen LogP contribution in [0.4, 0.5) is 0 Å². The van der Waals surface area contributed by atoms with E-state index < -0.39 is 0 Å². The van der Waals surface area contributed by atoms with Crippen LogP contribution in [0.2, 0.25) is 0 Å². The maximum Gasteiger partial charge on any atom is 0.0537 e. The summed E-state index contributed by atoms with van der Waals surface area (Å²) in [5, 5.41) is 7.81. The van der Waals surface area contributed by atoms with E-state index in [1.165, 1.54) is 18.4 Å². The average Bonchev–Trinajstić information content (AvgIpc) is 2.67. The molecule has 0 fully saturated rings. The van der Waals surface area contributed by atoms with Crippen molar-refractivity contribution in [2.24, 2.45) is 0 Å². The zero-order chi connectivity index (χ0) is 11.3. The van der Waals surface area contributed by atoms with Gasteiger partial charge in [0, 0.05) is 23.8 Å². The molecule has 3 nitrogen and oxygen atoms in total. The molecule has 86 valence electrons. The first-order chi connectivity index (χ1) is 7.19. The molecule has 0 amide bonds. The SMILES string of the molecule is CCCC(C)n1cc(C(C)NCC)cn1. The Hall–Kier alpha value is -0.830. The van der Waals surface area contributed by atoms with Crippen molar-refractivity contribution in [1.82, 2.24) is 15.1 Å². The van der Waals surface area contributed by atoms with E-state index in [1.807, 2.05) is 6.20 Å². The maximum absolute atomic E-state index is 4.41. The summed E-state index contributed by atoms with van der Waals surface area (Å²) < 4.78 is 2.08. The van der Waals surface area contributed by atoms with Crippen molar-refractivity contribution in [2.75, 3.05) is 6.54 Å². The summed E-state index contributed by atoms with van der Waals surface area (Å²) in [6.45, 7) is 9.73. The smallest absolute Gasteiger partial charge is 0.0537 e. The molecule has 1 aromatic heterocycles. The number of nitrogens with one attached hydrogen (secondary N) is 1. The summed E-state index contributed by atoms with van der Waals surface area (Å²) in [6, 6.07) is 0.912. The number of hydrogen-bond acceptors (Lipinski definition) is 2. The van der Waals surface area contributed by atoms with E-state index in [9.17, 15) is 0 Å². The highest BCUT2D eigenvalue weighted by Gasteiger charge is 2.09. The number of hydrogen-bond donors (Lipinski definition) is 1. The van der Waals surface area contributed by atoms with Crippen LogP contribution in [0, 0.1) is 0 Å². The van der Waals surface area contributed by atoms with Gasteiger partial charge in [-0.25, -0.2) is 0 Å². The molecule has 15 heavy (non-hydrogen) atoms. The molecular formula is C12H23N3. The number of aromatic nitrogens is 2. The largest absolute Gasteiger partial charge is 0.310 e. The van der Waals surface area contributed by atoms with Gasteiger partial charge in [-0.3, -0.25) is 4.68 Å². The fourth-order valence-electron chi connectivity index (χ4n) is 1.79. The molecule has 1 N–H and O–H groups in total. The van der Waals surface area contributed by atoms with Crippen LogP contribution in [0.1, 0.15) is 58.2 Å². The topological polar surface area (TPSA) is 29.9 Å². The van der Waals surface area contributed by atoms with Gasteiger partial charge in [-0.1, -0.05) is 20.3 Å². The normalized spacial score (nSPS) is 15.2. The van der Waals surface area contributed by atoms with Crippen LogP contribution < -0.4 is 5.32 Å². The zero-order valence-electron chi connectivity index (χ0n) is 10.3. The summed E-state index contributed by atoms with van der Waals surface area (Å²) in [5.41, 5.74) is 1.28. The molecule has 0 saturated heterocycles. The molecule has 0 saturated carbocycles. The molecular weight excluding hydrogens is 186 g/mol. The van der Waals surface area contributed by atoms with Gasteiger partial charge in [-0.15, -0.1) is 0 Å². The predicted molar refractivity (Wildman–Crippen MR) is 63.9 cm³/mol. The number of nitrogens with zero attached hydrogens (tertiary/aromatic N) is 2. The Kier molecular flexibility index (Phi) is 4.82. The van der Waals surface area contributed by atoms with Gasteiger partial charge >= 0.3 is 0 Å². The fourth-order valence-corrected chi connectivity index (χ4v) is 1.79. The van der Waals surface area contributed by atoms with Gasteiger partial charge in [0.1, 0.15) is 0 Å². The molecule has 1 rings (SSSR count). The van der Waals surface area contributed by atoms with E-state index in [0.717, 1.165) is 6.54 Å². The minimum absolute atomic E-state index is 0.401. The Labute approximate surface area is 92.9 Å². The zero-order valence-corrected chi connectivity index (χ0v) is 10.3. The van der Waals surface area contributed by atoms with Gasteiger partial charge in [0.2, 0.25) is 0 Å². The molecule has 1 heterocycles. The average molecular weight is 209 g/mol. The minimum Gasteiger partial charge on any atom is -0.310 e. The van der Waals surface area contributed by atoms with Gasteiger partial charge in [-0.2, -0.15) is 5.10 Å². The second-order valence-electron chi connectivity index (χ2n) is 4.17. The van der Waals surface area contributed by atoms with Crippen LogP contribution in [-0.4, -0.2) is 16.3 Å². The van der Waals surface area contributed by atoms with Crippen molar-refractivity contribution in [3.8, 4) is 0 Å². The lowest BCUT2D eigenvalue weighted by Gasteiger charge is -2.11. The molecule has 3 heteroatoms. The van der Waals surface area contributed by atoms with Gasteiger partial charge in [0.25, 0.3) is 0 Å². The Morgan fingerprint density at radius 3 is 2.73 bits per heavy atom. The lowest BCUT2D eigenvalue weighted by atomic mass is 10.2. The molecule has 0 spiro atoms. The van der Waals surface area contributed by atoms with Gasteiger partial charge < -0.3 is 5.32 Å². The second kappa shape index (κ2) is 5.91. The van der Waals surface area contributed by atoms with E-state index in [4.69, 9.17) is 0 Å². The van der Waals surface area contributed by atoms with E-state index in [2.05, 4.69) is 49.0 Å². The quantitative estimate of drug-likeness (QED) is 0.780. The molecule has 0 radical (unpaired) electrons.